The lowest BCUT2D eigenvalue weighted by atomic mass is 10.1. The molecule has 0 saturated carbocycles. The predicted molar refractivity (Wildman–Crippen MR) is 113 cm³/mol. The maximum absolute atomic E-state index is 5.02. The molecule has 0 amide bonds. The van der Waals surface area contributed by atoms with Gasteiger partial charge in [0.25, 0.3) is 0 Å². The molecular formula is C21H23N9. The number of rotatable bonds is 4. The molecule has 0 aromatic carbocycles. The maximum Gasteiger partial charge on any atom is 0.237 e. The number of imidazole rings is 1. The fourth-order valence-corrected chi connectivity index (χ4v) is 4.16. The SMILES string of the molecule is CC[C@@H]1c2nncn2-c2c(C)nc(-n3ccnc3-c3ccccn3)nc2N1C(C)C. The van der Waals surface area contributed by atoms with Gasteiger partial charge in [-0.15, -0.1) is 10.2 Å². The van der Waals surface area contributed by atoms with Crippen LogP contribution in [-0.4, -0.2) is 45.3 Å². The van der Waals surface area contributed by atoms with Crippen LogP contribution in [0.25, 0.3) is 23.2 Å². The van der Waals surface area contributed by atoms with Crippen molar-refractivity contribution in [1.82, 2.24) is 39.3 Å². The summed E-state index contributed by atoms with van der Waals surface area (Å²) in [5.41, 5.74) is 2.56. The number of hydrogen-bond donors (Lipinski definition) is 0. The van der Waals surface area contributed by atoms with E-state index in [0.29, 0.717) is 11.8 Å². The van der Waals surface area contributed by atoms with Crippen LogP contribution in [0.1, 0.15) is 44.8 Å². The molecule has 4 aromatic rings. The standard InChI is InChI=1S/C21H23N9/c1-5-16-19-27-24-12-29(19)17-14(4)25-21(26-20(17)30(16)13(2)3)28-11-10-23-18(28)15-8-6-7-9-22-15/h6-13,16H,5H2,1-4H3/t16-/m1/s1. The summed E-state index contributed by atoms with van der Waals surface area (Å²) in [5, 5.41) is 8.57. The Morgan fingerprint density at radius 3 is 2.67 bits per heavy atom. The van der Waals surface area contributed by atoms with E-state index in [1.807, 2.05) is 40.5 Å². The molecule has 0 fully saturated rings. The Morgan fingerprint density at radius 1 is 1.07 bits per heavy atom. The Hall–Kier alpha value is -3.62. The molecule has 9 nitrogen and oxygen atoms in total. The highest BCUT2D eigenvalue weighted by Gasteiger charge is 2.36. The maximum atomic E-state index is 5.02. The van der Waals surface area contributed by atoms with E-state index in [9.17, 15) is 0 Å². The van der Waals surface area contributed by atoms with E-state index in [1.165, 1.54) is 0 Å². The molecule has 4 aromatic heterocycles. The number of anilines is 1. The quantitative estimate of drug-likeness (QED) is 0.518. The number of aromatic nitrogens is 8. The topological polar surface area (TPSA) is 90.4 Å². The molecule has 30 heavy (non-hydrogen) atoms. The molecule has 0 aliphatic carbocycles. The molecule has 1 aliphatic heterocycles. The third kappa shape index (κ3) is 2.69. The molecule has 5 heterocycles. The van der Waals surface area contributed by atoms with Crippen LogP contribution < -0.4 is 4.90 Å². The van der Waals surface area contributed by atoms with Crippen LogP contribution in [0.3, 0.4) is 0 Å². The van der Waals surface area contributed by atoms with Gasteiger partial charge in [-0.2, -0.15) is 4.98 Å². The summed E-state index contributed by atoms with van der Waals surface area (Å²) in [6, 6.07) is 6.10. The average molecular weight is 401 g/mol. The molecule has 1 atom stereocenters. The molecule has 9 heteroatoms. The van der Waals surface area contributed by atoms with E-state index in [1.54, 1.807) is 18.7 Å². The molecule has 0 bridgehead atoms. The lowest BCUT2D eigenvalue weighted by molar-refractivity contribution is 0.496. The number of nitrogens with zero attached hydrogens (tertiary/aromatic N) is 9. The fourth-order valence-electron chi connectivity index (χ4n) is 4.16. The Bertz CT molecular complexity index is 1190. The fraction of sp³-hybridized carbons (Fsp3) is 0.333. The number of aryl methyl sites for hydroxylation is 1. The van der Waals surface area contributed by atoms with Crippen LogP contribution in [-0.2, 0) is 0 Å². The van der Waals surface area contributed by atoms with Crippen molar-refractivity contribution in [3.63, 3.8) is 0 Å². The summed E-state index contributed by atoms with van der Waals surface area (Å²) in [5.74, 6) is 3.09. The van der Waals surface area contributed by atoms with Gasteiger partial charge < -0.3 is 4.90 Å². The first-order chi connectivity index (χ1) is 14.6. The van der Waals surface area contributed by atoms with Gasteiger partial charge in [0.15, 0.2) is 17.5 Å². The Kier molecular flexibility index (Phi) is 4.30. The van der Waals surface area contributed by atoms with E-state index in [0.717, 1.165) is 35.1 Å². The molecule has 5 rings (SSSR count). The number of hydrogen-bond acceptors (Lipinski definition) is 7. The van der Waals surface area contributed by atoms with E-state index >= 15 is 0 Å². The summed E-state index contributed by atoms with van der Waals surface area (Å²) in [4.78, 5) is 21.1. The first-order valence-electron chi connectivity index (χ1n) is 10.1. The summed E-state index contributed by atoms with van der Waals surface area (Å²) in [6.45, 7) is 8.50. The summed E-state index contributed by atoms with van der Waals surface area (Å²) in [7, 11) is 0. The summed E-state index contributed by atoms with van der Waals surface area (Å²) < 4.78 is 3.91. The zero-order chi connectivity index (χ0) is 20.8. The lowest BCUT2D eigenvalue weighted by Crippen LogP contribution is -2.41. The normalized spacial score (nSPS) is 15.4. The number of pyridine rings is 1. The molecular weight excluding hydrogens is 378 g/mol. The second-order valence-electron chi connectivity index (χ2n) is 7.60. The molecule has 152 valence electrons. The van der Waals surface area contributed by atoms with Crippen LogP contribution in [0, 0.1) is 6.92 Å². The van der Waals surface area contributed by atoms with Crippen molar-refractivity contribution in [3.05, 3.63) is 54.6 Å². The van der Waals surface area contributed by atoms with Gasteiger partial charge in [0.2, 0.25) is 5.95 Å². The highest BCUT2D eigenvalue weighted by Crippen LogP contribution is 2.40. The molecule has 0 saturated heterocycles. The third-order valence-corrected chi connectivity index (χ3v) is 5.41. The molecule has 0 radical (unpaired) electrons. The second-order valence-corrected chi connectivity index (χ2v) is 7.60. The molecule has 0 N–H and O–H groups in total. The van der Waals surface area contributed by atoms with E-state index in [2.05, 4.69) is 45.8 Å². The van der Waals surface area contributed by atoms with E-state index < -0.39 is 0 Å². The zero-order valence-corrected chi connectivity index (χ0v) is 17.4. The highest BCUT2D eigenvalue weighted by atomic mass is 15.4. The van der Waals surface area contributed by atoms with Crippen molar-refractivity contribution in [1.29, 1.82) is 0 Å². The average Bonchev–Trinajstić information content (AvgIpc) is 3.42. The van der Waals surface area contributed by atoms with Gasteiger partial charge in [0.1, 0.15) is 17.7 Å². The van der Waals surface area contributed by atoms with Crippen molar-refractivity contribution < 1.29 is 0 Å². The Morgan fingerprint density at radius 2 is 1.93 bits per heavy atom. The van der Waals surface area contributed by atoms with E-state index in [-0.39, 0.29) is 12.1 Å². The first-order valence-corrected chi connectivity index (χ1v) is 10.1. The molecule has 1 aliphatic rings. The van der Waals surface area contributed by atoms with Crippen molar-refractivity contribution in [3.8, 4) is 23.2 Å². The summed E-state index contributed by atoms with van der Waals surface area (Å²) >= 11 is 0. The van der Waals surface area contributed by atoms with Gasteiger partial charge in [-0.05, 0) is 39.3 Å². The third-order valence-electron chi connectivity index (χ3n) is 5.41. The summed E-state index contributed by atoms with van der Waals surface area (Å²) in [6.07, 6.45) is 8.03. The van der Waals surface area contributed by atoms with Gasteiger partial charge >= 0.3 is 0 Å². The minimum absolute atomic E-state index is 0.0974. The Balaban J connectivity index is 1.73. The largest absolute Gasteiger partial charge is 0.342 e. The predicted octanol–water partition coefficient (Wildman–Crippen LogP) is 3.29. The van der Waals surface area contributed by atoms with Gasteiger partial charge in [-0.3, -0.25) is 14.1 Å². The monoisotopic (exact) mass is 401 g/mol. The van der Waals surface area contributed by atoms with Gasteiger partial charge in [-0.1, -0.05) is 13.0 Å². The van der Waals surface area contributed by atoms with Crippen LogP contribution in [0.4, 0.5) is 5.82 Å². The minimum atomic E-state index is 0.0974. The zero-order valence-electron chi connectivity index (χ0n) is 17.4. The minimum Gasteiger partial charge on any atom is -0.342 e. The second kappa shape index (κ2) is 7.01. The molecule has 0 unspecified atom stereocenters. The van der Waals surface area contributed by atoms with E-state index in [4.69, 9.17) is 9.97 Å². The van der Waals surface area contributed by atoms with Crippen molar-refractivity contribution >= 4 is 5.82 Å². The van der Waals surface area contributed by atoms with Crippen LogP contribution in [0.15, 0.2) is 43.1 Å². The van der Waals surface area contributed by atoms with Crippen LogP contribution in [0.5, 0.6) is 0 Å². The number of fused-ring (bicyclic) bond motifs is 3. The van der Waals surface area contributed by atoms with Crippen molar-refractivity contribution in [2.45, 2.75) is 46.2 Å². The van der Waals surface area contributed by atoms with Crippen LogP contribution in [0.2, 0.25) is 0 Å². The first kappa shape index (κ1) is 18.4. The van der Waals surface area contributed by atoms with Crippen LogP contribution >= 0.6 is 0 Å². The van der Waals surface area contributed by atoms with Gasteiger partial charge in [-0.25, -0.2) is 9.97 Å². The van der Waals surface area contributed by atoms with Gasteiger partial charge in [0.05, 0.1) is 11.7 Å². The van der Waals surface area contributed by atoms with Gasteiger partial charge in [0, 0.05) is 24.6 Å². The van der Waals surface area contributed by atoms with Crippen molar-refractivity contribution in [2.24, 2.45) is 0 Å². The lowest BCUT2D eigenvalue weighted by Gasteiger charge is -2.40. The Labute approximate surface area is 174 Å². The highest BCUT2D eigenvalue weighted by molar-refractivity contribution is 5.66. The molecule has 0 spiro atoms. The smallest absolute Gasteiger partial charge is 0.237 e. The van der Waals surface area contributed by atoms with Crippen molar-refractivity contribution in [2.75, 3.05) is 4.90 Å².